The second-order valence-electron chi connectivity index (χ2n) is 4.48. The minimum atomic E-state index is -4.77. The summed E-state index contributed by atoms with van der Waals surface area (Å²) >= 11 is 0. The average molecular weight is 328 g/mol. The van der Waals surface area contributed by atoms with Gasteiger partial charge in [-0.25, -0.2) is 9.97 Å². The zero-order valence-electron chi connectivity index (χ0n) is 12.8. The van der Waals surface area contributed by atoms with Gasteiger partial charge in [0.25, 0.3) is 0 Å². The van der Waals surface area contributed by atoms with Crippen LogP contribution in [0.25, 0.3) is 11.3 Å². The van der Waals surface area contributed by atoms with Gasteiger partial charge >= 0.3 is 6.36 Å². The van der Waals surface area contributed by atoms with Crippen LogP contribution in [0.2, 0.25) is 0 Å². The van der Waals surface area contributed by atoms with E-state index < -0.39 is 6.36 Å². The maximum atomic E-state index is 12.3. The molecule has 0 bridgehead atoms. The number of methoxy groups -OCH3 is 2. The summed E-state index contributed by atoms with van der Waals surface area (Å²) in [5.41, 5.74) is 1.57. The van der Waals surface area contributed by atoms with Crippen LogP contribution in [0, 0.1) is 0 Å². The van der Waals surface area contributed by atoms with E-state index in [1.165, 1.54) is 26.4 Å². The van der Waals surface area contributed by atoms with Crippen molar-refractivity contribution < 1.29 is 27.4 Å². The Hall–Kier alpha value is -2.51. The lowest BCUT2D eigenvalue weighted by atomic mass is 10.1. The molecule has 8 heteroatoms. The van der Waals surface area contributed by atoms with E-state index in [1.807, 2.05) is 6.92 Å². The number of hydrogen-bond acceptors (Lipinski definition) is 5. The second kappa shape index (κ2) is 6.72. The first-order chi connectivity index (χ1) is 10.9. The van der Waals surface area contributed by atoms with Gasteiger partial charge in [-0.15, -0.1) is 13.2 Å². The van der Waals surface area contributed by atoms with Crippen molar-refractivity contribution in [2.75, 3.05) is 14.2 Å². The van der Waals surface area contributed by atoms with Crippen LogP contribution in [0.4, 0.5) is 13.2 Å². The summed E-state index contributed by atoms with van der Waals surface area (Å²) in [5.74, 6) is 0.0502. The molecule has 0 unspecified atom stereocenters. The molecule has 23 heavy (non-hydrogen) atoms. The molecule has 0 saturated carbocycles. The largest absolute Gasteiger partial charge is 0.573 e. The fraction of sp³-hybridized carbons (Fsp3) is 0.333. The second-order valence-corrected chi connectivity index (χ2v) is 4.48. The molecule has 1 aromatic heterocycles. The highest BCUT2D eigenvalue weighted by Crippen LogP contribution is 2.37. The molecule has 0 N–H and O–H groups in total. The Bertz CT molecular complexity index is 690. The van der Waals surface area contributed by atoms with E-state index in [1.54, 1.807) is 6.20 Å². The van der Waals surface area contributed by atoms with Crippen LogP contribution in [0.3, 0.4) is 0 Å². The fourth-order valence-corrected chi connectivity index (χ4v) is 1.97. The van der Waals surface area contributed by atoms with E-state index in [2.05, 4.69) is 14.7 Å². The Morgan fingerprint density at radius 1 is 1.13 bits per heavy atom. The molecule has 124 valence electrons. The molecule has 0 amide bonds. The van der Waals surface area contributed by atoms with Gasteiger partial charge in [-0.1, -0.05) is 6.92 Å². The molecule has 0 saturated heterocycles. The number of halogens is 3. The number of rotatable bonds is 5. The molecule has 0 spiro atoms. The highest BCUT2D eigenvalue weighted by molar-refractivity contribution is 5.72. The standard InChI is InChI=1S/C15H15F3N2O3/c1-4-9-8-19-14(22-3)13(20-9)11-6-5-10(7-12(11)21-2)23-15(16,17)18/h5-8H,4H2,1-3H3. The quantitative estimate of drug-likeness (QED) is 0.839. The van der Waals surface area contributed by atoms with E-state index in [9.17, 15) is 13.2 Å². The van der Waals surface area contributed by atoms with E-state index in [4.69, 9.17) is 9.47 Å². The summed E-state index contributed by atoms with van der Waals surface area (Å²) < 4.78 is 51.2. The summed E-state index contributed by atoms with van der Waals surface area (Å²) in [7, 11) is 2.78. The summed E-state index contributed by atoms with van der Waals surface area (Å²) in [4.78, 5) is 8.56. The molecule has 1 aromatic carbocycles. The van der Waals surface area contributed by atoms with Gasteiger partial charge in [-0.05, 0) is 18.6 Å². The van der Waals surface area contributed by atoms with E-state index in [-0.39, 0.29) is 17.4 Å². The minimum Gasteiger partial charge on any atom is -0.496 e. The predicted octanol–water partition coefficient (Wildman–Crippen LogP) is 3.62. The summed E-state index contributed by atoms with van der Waals surface area (Å²) in [6.07, 6.45) is -2.54. The van der Waals surface area contributed by atoms with E-state index in [0.29, 0.717) is 17.7 Å². The Balaban J connectivity index is 2.51. The van der Waals surface area contributed by atoms with Crippen molar-refractivity contribution in [3.05, 3.63) is 30.1 Å². The van der Waals surface area contributed by atoms with Crippen LogP contribution in [0.1, 0.15) is 12.6 Å². The van der Waals surface area contributed by atoms with Crippen LogP contribution in [-0.2, 0) is 6.42 Å². The first-order valence-corrected chi connectivity index (χ1v) is 6.72. The molecule has 0 aliphatic carbocycles. The number of ether oxygens (including phenoxy) is 3. The third-order valence-corrected chi connectivity index (χ3v) is 3.01. The van der Waals surface area contributed by atoms with Gasteiger partial charge < -0.3 is 14.2 Å². The van der Waals surface area contributed by atoms with Gasteiger partial charge in [0.15, 0.2) is 0 Å². The first-order valence-electron chi connectivity index (χ1n) is 6.72. The normalized spacial score (nSPS) is 11.2. The van der Waals surface area contributed by atoms with Gasteiger partial charge in [0.1, 0.15) is 17.2 Å². The van der Waals surface area contributed by atoms with Crippen molar-refractivity contribution in [3.63, 3.8) is 0 Å². The minimum absolute atomic E-state index is 0.174. The number of alkyl halides is 3. The molecule has 2 aromatic rings. The molecule has 0 aliphatic heterocycles. The van der Waals surface area contributed by atoms with Gasteiger partial charge in [-0.3, -0.25) is 0 Å². The third-order valence-electron chi connectivity index (χ3n) is 3.01. The average Bonchev–Trinajstić information content (AvgIpc) is 2.52. The molecule has 0 radical (unpaired) electrons. The van der Waals surface area contributed by atoms with Gasteiger partial charge in [-0.2, -0.15) is 0 Å². The van der Waals surface area contributed by atoms with Gasteiger partial charge in [0, 0.05) is 11.6 Å². The van der Waals surface area contributed by atoms with E-state index >= 15 is 0 Å². The molecular formula is C15H15F3N2O3. The summed E-state index contributed by atoms with van der Waals surface area (Å²) in [6, 6.07) is 3.75. The lowest BCUT2D eigenvalue weighted by Crippen LogP contribution is -2.17. The fourth-order valence-electron chi connectivity index (χ4n) is 1.97. The topological polar surface area (TPSA) is 53.5 Å². The van der Waals surface area contributed by atoms with Crippen LogP contribution >= 0.6 is 0 Å². The van der Waals surface area contributed by atoms with Crippen LogP contribution in [0.5, 0.6) is 17.4 Å². The van der Waals surface area contributed by atoms with E-state index in [0.717, 1.165) is 11.8 Å². The molecule has 0 fully saturated rings. The summed E-state index contributed by atoms with van der Waals surface area (Å²) in [5, 5.41) is 0. The number of aromatic nitrogens is 2. The van der Waals surface area contributed by atoms with Gasteiger partial charge in [0.05, 0.1) is 26.1 Å². The number of aryl methyl sites for hydroxylation is 1. The summed E-state index contributed by atoms with van der Waals surface area (Å²) in [6.45, 7) is 1.91. The molecular weight excluding hydrogens is 313 g/mol. The Labute approximate surface area is 131 Å². The monoisotopic (exact) mass is 328 g/mol. The first kappa shape index (κ1) is 16.9. The number of nitrogens with zero attached hydrogens (tertiary/aromatic N) is 2. The maximum Gasteiger partial charge on any atom is 0.573 e. The third kappa shape index (κ3) is 4.02. The highest BCUT2D eigenvalue weighted by Gasteiger charge is 2.31. The van der Waals surface area contributed by atoms with Crippen LogP contribution in [-0.4, -0.2) is 30.5 Å². The molecule has 0 aliphatic rings. The number of benzene rings is 1. The van der Waals surface area contributed by atoms with Crippen molar-refractivity contribution in [1.29, 1.82) is 0 Å². The molecule has 0 atom stereocenters. The van der Waals surface area contributed by atoms with Crippen LogP contribution in [0.15, 0.2) is 24.4 Å². The Kier molecular flexibility index (Phi) is 4.92. The van der Waals surface area contributed by atoms with Crippen LogP contribution < -0.4 is 14.2 Å². The lowest BCUT2D eigenvalue weighted by molar-refractivity contribution is -0.274. The van der Waals surface area contributed by atoms with Crippen molar-refractivity contribution >= 4 is 0 Å². The Morgan fingerprint density at radius 2 is 1.87 bits per heavy atom. The predicted molar refractivity (Wildman–Crippen MR) is 76.6 cm³/mol. The zero-order valence-corrected chi connectivity index (χ0v) is 12.8. The van der Waals surface area contributed by atoms with Crippen molar-refractivity contribution in [2.24, 2.45) is 0 Å². The van der Waals surface area contributed by atoms with Crippen molar-refractivity contribution in [3.8, 4) is 28.6 Å². The molecule has 2 rings (SSSR count). The Morgan fingerprint density at radius 3 is 2.43 bits per heavy atom. The lowest BCUT2D eigenvalue weighted by Gasteiger charge is -2.14. The van der Waals surface area contributed by atoms with Crippen molar-refractivity contribution in [1.82, 2.24) is 9.97 Å². The SMILES string of the molecule is CCc1cnc(OC)c(-c2ccc(OC(F)(F)F)cc2OC)n1. The highest BCUT2D eigenvalue weighted by atomic mass is 19.4. The molecule has 5 nitrogen and oxygen atoms in total. The van der Waals surface area contributed by atoms with Crippen molar-refractivity contribution in [2.45, 2.75) is 19.7 Å². The molecule has 1 heterocycles. The maximum absolute atomic E-state index is 12.3. The zero-order chi connectivity index (χ0) is 17.0. The number of hydrogen-bond donors (Lipinski definition) is 0. The smallest absolute Gasteiger partial charge is 0.496 e. The van der Waals surface area contributed by atoms with Gasteiger partial charge in [0.2, 0.25) is 5.88 Å².